The van der Waals surface area contributed by atoms with Crippen LogP contribution in [0.2, 0.25) is 0 Å². The predicted molar refractivity (Wildman–Crippen MR) is 94.8 cm³/mol. The second-order valence-corrected chi connectivity index (χ2v) is 6.54. The van der Waals surface area contributed by atoms with Crippen LogP contribution in [-0.4, -0.2) is 68.6 Å². The number of hydrogen-bond donors (Lipinski definition) is 2. The van der Waals surface area contributed by atoms with Gasteiger partial charge in [-0.15, -0.1) is 0 Å². The van der Waals surface area contributed by atoms with Crippen molar-refractivity contribution >= 4 is 11.9 Å². The molecule has 2 rings (SSSR count). The SMILES string of the molecule is CN(C)C(=O)CNC(=O)NC[C@@H]1CCN(CCc2ccccc2)C1. The van der Waals surface area contributed by atoms with Gasteiger partial charge in [0.05, 0.1) is 6.54 Å². The molecule has 0 spiro atoms. The summed E-state index contributed by atoms with van der Waals surface area (Å²) in [6, 6.07) is 10.2. The van der Waals surface area contributed by atoms with Gasteiger partial charge < -0.3 is 20.4 Å². The van der Waals surface area contributed by atoms with Crippen molar-refractivity contribution < 1.29 is 9.59 Å². The van der Waals surface area contributed by atoms with E-state index >= 15 is 0 Å². The fraction of sp³-hybridized carbons (Fsp3) is 0.556. The molecule has 3 amide bonds. The maximum atomic E-state index is 11.7. The van der Waals surface area contributed by atoms with E-state index in [0.29, 0.717) is 12.5 Å². The first-order valence-electron chi connectivity index (χ1n) is 8.52. The summed E-state index contributed by atoms with van der Waals surface area (Å²) in [7, 11) is 3.34. The molecule has 1 fully saturated rings. The number of urea groups is 1. The molecule has 132 valence electrons. The van der Waals surface area contributed by atoms with Gasteiger partial charge in [-0.1, -0.05) is 30.3 Å². The van der Waals surface area contributed by atoms with E-state index in [4.69, 9.17) is 0 Å². The Kier molecular flexibility index (Phi) is 7.06. The van der Waals surface area contributed by atoms with Gasteiger partial charge in [-0.3, -0.25) is 4.79 Å². The minimum absolute atomic E-state index is 0.0344. The number of likely N-dealkylation sites (N-methyl/N-ethyl adjacent to an activating group) is 1. The average molecular weight is 332 g/mol. The number of amides is 3. The Morgan fingerprint density at radius 1 is 1.21 bits per heavy atom. The molecule has 0 aromatic heterocycles. The summed E-state index contributed by atoms with van der Waals surface area (Å²) in [6.45, 7) is 3.85. The summed E-state index contributed by atoms with van der Waals surface area (Å²) in [4.78, 5) is 27.0. The lowest BCUT2D eigenvalue weighted by molar-refractivity contribution is -0.127. The first kappa shape index (κ1) is 18.3. The molecule has 1 aliphatic rings. The van der Waals surface area contributed by atoms with Crippen molar-refractivity contribution in [3.8, 4) is 0 Å². The zero-order chi connectivity index (χ0) is 17.4. The molecule has 1 heterocycles. The topological polar surface area (TPSA) is 64.7 Å². The first-order valence-corrected chi connectivity index (χ1v) is 8.52. The van der Waals surface area contributed by atoms with Gasteiger partial charge in [-0.25, -0.2) is 4.79 Å². The number of hydrogen-bond acceptors (Lipinski definition) is 3. The van der Waals surface area contributed by atoms with Crippen molar-refractivity contribution in [2.45, 2.75) is 12.8 Å². The molecule has 1 atom stereocenters. The lowest BCUT2D eigenvalue weighted by atomic mass is 10.1. The van der Waals surface area contributed by atoms with E-state index in [1.807, 2.05) is 6.07 Å². The van der Waals surface area contributed by atoms with Gasteiger partial charge in [-0.2, -0.15) is 0 Å². The molecular weight excluding hydrogens is 304 g/mol. The number of benzene rings is 1. The minimum atomic E-state index is -0.270. The Balaban J connectivity index is 1.60. The number of likely N-dealkylation sites (tertiary alicyclic amines) is 1. The molecule has 0 unspecified atom stereocenters. The molecule has 0 saturated carbocycles. The Morgan fingerprint density at radius 2 is 1.96 bits per heavy atom. The molecule has 1 saturated heterocycles. The van der Waals surface area contributed by atoms with Gasteiger partial charge in [0.15, 0.2) is 0 Å². The van der Waals surface area contributed by atoms with Crippen LogP contribution in [0.3, 0.4) is 0 Å². The van der Waals surface area contributed by atoms with Gasteiger partial charge in [0.1, 0.15) is 0 Å². The summed E-state index contributed by atoms with van der Waals surface area (Å²) in [5, 5.41) is 5.46. The van der Waals surface area contributed by atoms with Crippen molar-refractivity contribution in [3.63, 3.8) is 0 Å². The van der Waals surface area contributed by atoms with Crippen LogP contribution in [0, 0.1) is 5.92 Å². The molecule has 0 radical (unpaired) electrons. The molecule has 1 aromatic rings. The van der Waals surface area contributed by atoms with Gasteiger partial charge in [-0.05, 0) is 30.9 Å². The van der Waals surface area contributed by atoms with Crippen LogP contribution >= 0.6 is 0 Å². The molecule has 6 nitrogen and oxygen atoms in total. The highest BCUT2D eigenvalue weighted by Gasteiger charge is 2.22. The van der Waals surface area contributed by atoms with Crippen LogP contribution in [0.4, 0.5) is 4.79 Å². The highest BCUT2D eigenvalue weighted by atomic mass is 16.2. The minimum Gasteiger partial charge on any atom is -0.347 e. The normalized spacial score (nSPS) is 17.5. The van der Waals surface area contributed by atoms with Crippen molar-refractivity contribution in [2.75, 3.05) is 46.8 Å². The number of nitrogens with one attached hydrogen (secondary N) is 2. The van der Waals surface area contributed by atoms with Crippen LogP contribution in [0.15, 0.2) is 30.3 Å². The van der Waals surface area contributed by atoms with Gasteiger partial charge in [0, 0.05) is 33.7 Å². The summed E-state index contributed by atoms with van der Waals surface area (Å²) in [5.41, 5.74) is 1.36. The van der Waals surface area contributed by atoms with E-state index in [2.05, 4.69) is 39.8 Å². The first-order chi connectivity index (χ1) is 11.5. The predicted octanol–water partition coefficient (Wildman–Crippen LogP) is 0.938. The van der Waals surface area contributed by atoms with Crippen molar-refractivity contribution in [3.05, 3.63) is 35.9 Å². The maximum Gasteiger partial charge on any atom is 0.315 e. The summed E-state index contributed by atoms with van der Waals surface area (Å²) in [5.74, 6) is 0.370. The molecule has 24 heavy (non-hydrogen) atoms. The lowest BCUT2D eigenvalue weighted by Crippen LogP contribution is -2.43. The van der Waals surface area contributed by atoms with Crippen LogP contribution in [0.5, 0.6) is 0 Å². The Labute approximate surface area is 144 Å². The second-order valence-electron chi connectivity index (χ2n) is 6.54. The van der Waals surface area contributed by atoms with E-state index in [0.717, 1.165) is 32.5 Å². The van der Waals surface area contributed by atoms with Crippen molar-refractivity contribution in [1.82, 2.24) is 20.4 Å². The molecular formula is C18H28N4O2. The molecule has 1 aromatic carbocycles. The van der Waals surface area contributed by atoms with Crippen LogP contribution in [0.25, 0.3) is 0 Å². The molecule has 6 heteroatoms. The van der Waals surface area contributed by atoms with E-state index in [1.54, 1.807) is 14.1 Å². The van der Waals surface area contributed by atoms with Crippen molar-refractivity contribution in [2.24, 2.45) is 5.92 Å². The molecule has 0 bridgehead atoms. The third-order valence-corrected chi connectivity index (χ3v) is 4.38. The third-order valence-electron chi connectivity index (χ3n) is 4.38. The van der Waals surface area contributed by atoms with Gasteiger partial charge in [0.25, 0.3) is 0 Å². The van der Waals surface area contributed by atoms with Crippen LogP contribution in [-0.2, 0) is 11.2 Å². The van der Waals surface area contributed by atoms with Gasteiger partial charge >= 0.3 is 6.03 Å². The van der Waals surface area contributed by atoms with E-state index < -0.39 is 0 Å². The zero-order valence-corrected chi connectivity index (χ0v) is 14.6. The maximum absolute atomic E-state index is 11.7. The van der Waals surface area contributed by atoms with Crippen LogP contribution < -0.4 is 10.6 Å². The van der Waals surface area contributed by atoms with Gasteiger partial charge in [0.2, 0.25) is 5.91 Å². The van der Waals surface area contributed by atoms with Crippen molar-refractivity contribution in [1.29, 1.82) is 0 Å². The Morgan fingerprint density at radius 3 is 2.67 bits per heavy atom. The quantitative estimate of drug-likeness (QED) is 0.781. The summed E-state index contributed by atoms with van der Waals surface area (Å²) in [6.07, 6.45) is 2.17. The third kappa shape index (κ3) is 6.20. The molecule has 0 aliphatic carbocycles. The smallest absolute Gasteiger partial charge is 0.315 e. The standard InChI is InChI=1S/C18H28N4O2/c1-21(2)17(23)13-20-18(24)19-12-16-9-11-22(14-16)10-8-15-6-4-3-5-7-15/h3-7,16H,8-14H2,1-2H3,(H2,19,20,24)/t16-/m0/s1. The zero-order valence-electron chi connectivity index (χ0n) is 14.6. The Bertz CT molecular complexity index is 533. The number of carbonyl (C=O) groups is 2. The lowest BCUT2D eigenvalue weighted by Gasteiger charge is -2.16. The van der Waals surface area contributed by atoms with Crippen LogP contribution in [0.1, 0.15) is 12.0 Å². The van der Waals surface area contributed by atoms with E-state index in [-0.39, 0.29) is 18.5 Å². The summed E-state index contributed by atoms with van der Waals surface area (Å²) >= 11 is 0. The summed E-state index contributed by atoms with van der Waals surface area (Å²) < 4.78 is 0. The highest BCUT2D eigenvalue weighted by Crippen LogP contribution is 2.15. The fourth-order valence-corrected chi connectivity index (χ4v) is 2.83. The number of nitrogens with zero attached hydrogens (tertiary/aromatic N) is 2. The highest BCUT2D eigenvalue weighted by molar-refractivity contribution is 5.83. The van der Waals surface area contributed by atoms with E-state index in [1.165, 1.54) is 10.5 Å². The number of carbonyl (C=O) groups excluding carboxylic acids is 2. The average Bonchev–Trinajstić information content (AvgIpc) is 3.04. The fourth-order valence-electron chi connectivity index (χ4n) is 2.83. The monoisotopic (exact) mass is 332 g/mol. The number of rotatable bonds is 7. The van der Waals surface area contributed by atoms with E-state index in [9.17, 15) is 9.59 Å². The molecule has 1 aliphatic heterocycles. The Hall–Kier alpha value is -2.08. The second kappa shape index (κ2) is 9.27. The largest absolute Gasteiger partial charge is 0.347 e. The molecule has 2 N–H and O–H groups in total.